The van der Waals surface area contributed by atoms with Crippen LogP contribution in [0, 0.1) is 0 Å². The molecule has 29 heavy (non-hydrogen) atoms. The van der Waals surface area contributed by atoms with E-state index >= 15 is 0 Å². The highest BCUT2D eigenvalue weighted by Crippen LogP contribution is 2.32. The van der Waals surface area contributed by atoms with Crippen molar-refractivity contribution in [3.8, 4) is 9.88 Å². The molecule has 0 radical (unpaired) electrons. The molecule has 3 heterocycles. The maximum absolute atomic E-state index is 12.4. The standard InChI is InChI=1S/C21H22ClN3O2S2/c22-19-6-5-18(29-19)21-24-17(13-28-21)20(27)23-11-14-1-3-15(4-2-14)12-25-9-7-16(26)8-10-25/h1-6,13,16,26H,7-12H2,(H,23,27). The van der Waals surface area contributed by atoms with Crippen molar-refractivity contribution in [2.24, 2.45) is 0 Å². The Kier molecular flexibility index (Phi) is 6.62. The minimum Gasteiger partial charge on any atom is -0.393 e. The molecule has 3 aromatic rings. The lowest BCUT2D eigenvalue weighted by Crippen LogP contribution is -2.35. The first kappa shape index (κ1) is 20.5. The van der Waals surface area contributed by atoms with Crippen molar-refractivity contribution in [3.63, 3.8) is 0 Å². The van der Waals surface area contributed by atoms with Crippen LogP contribution in [-0.2, 0) is 13.1 Å². The molecule has 1 aliphatic rings. The summed E-state index contributed by atoms with van der Waals surface area (Å²) in [6.07, 6.45) is 1.55. The molecule has 2 aromatic heterocycles. The zero-order valence-electron chi connectivity index (χ0n) is 15.8. The molecule has 1 saturated heterocycles. The third-order valence-corrected chi connectivity index (χ3v) is 7.20. The van der Waals surface area contributed by atoms with E-state index in [2.05, 4.69) is 39.5 Å². The molecule has 5 nitrogen and oxygen atoms in total. The van der Waals surface area contributed by atoms with Crippen molar-refractivity contribution >= 4 is 40.2 Å². The summed E-state index contributed by atoms with van der Waals surface area (Å²) in [5, 5.41) is 15.1. The van der Waals surface area contributed by atoms with E-state index in [-0.39, 0.29) is 12.0 Å². The molecular formula is C21H22ClN3O2S2. The molecule has 8 heteroatoms. The van der Waals surface area contributed by atoms with Crippen LogP contribution in [0.2, 0.25) is 4.34 Å². The summed E-state index contributed by atoms with van der Waals surface area (Å²) in [5.41, 5.74) is 2.73. The number of halogens is 1. The highest BCUT2D eigenvalue weighted by molar-refractivity contribution is 7.23. The fourth-order valence-electron chi connectivity index (χ4n) is 3.29. The topological polar surface area (TPSA) is 65.5 Å². The number of thiophene rings is 1. The smallest absolute Gasteiger partial charge is 0.271 e. The van der Waals surface area contributed by atoms with Crippen LogP contribution >= 0.6 is 34.3 Å². The number of aromatic nitrogens is 1. The number of aliphatic hydroxyl groups is 1. The Labute approximate surface area is 183 Å². The maximum Gasteiger partial charge on any atom is 0.271 e. The van der Waals surface area contributed by atoms with E-state index < -0.39 is 0 Å². The average Bonchev–Trinajstić information content (AvgIpc) is 3.38. The van der Waals surface area contributed by atoms with Gasteiger partial charge in [-0.05, 0) is 36.1 Å². The number of hydrogen-bond donors (Lipinski definition) is 2. The average molecular weight is 448 g/mol. The van der Waals surface area contributed by atoms with Crippen molar-refractivity contribution in [1.82, 2.24) is 15.2 Å². The predicted octanol–water partition coefficient (Wildman–Crippen LogP) is 4.41. The zero-order chi connectivity index (χ0) is 20.2. The van der Waals surface area contributed by atoms with Gasteiger partial charge in [0.25, 0.3) is 5.91 Å². The van der Waals surface area contributed by atoms with Crippen LogP contribution in [0.3, 0.4) is 0 Å². The Hall–Kier alpha value is -1.77. The second-order valence-electron chi connectivity index (χ2n) is 7.15. The first-order valence-corrected chi connectivity index (χ1v) is 11.6. The molecule has 0 atom stereocenters. The van der Waals surface area contributed by atoms with Crippen LogP contribution in [0.5, 0.6) is 0 Å². The van der Waals surface area contributed by atoms with Crippen LogP contribution in [0.1, 0.15) is 34.5 Å². The molecule has 0 saturated carbocycles. The maximum atomic E-state index is 12.4. The molecular weight excluding hydrogens is 426 g/mol. The van der Waals surface area contributed by atoms with Crippen molar-refractivity contribution in [2.75, 3.05) is 13.1 Å². The molecule has 1 amide bonds. The lowest BCUT2D eigenvalue weighted by Gasteiger charge is -2.29. The summed E-state index contributed by atoms with van der Waals surface area (Å²) in [6, 6.07) is 12.1. The van der Waals surface area contributed by atoms with Crippen molar-refractivity contribution < 1.29 is 9.90 Å². The van der Waals surface area contributed by atoms with Crippen LogP contribution in [0.25, 0.3) is 9.88 Å². The van der Waals surface area contributed by atoms with Gasteiger partial charge >= 0.3 is 0 Å². The number of nitrogens with zero attached hydrogens (tertiary/aromatic N) is 2. The number of aliphatic hydroxyl groups excluding tert-OH is 1. The second-order valence-corrected chi connectivity index (χ2v) is 9.72. The molecule has 0 spiro atoms. The Morgan fingerprint density at radius 2 is 1.90 bits per heavy atom. The highest BCUT2D eigenvalue weighted by atomic mass is 35.5. The monoisotopic (exact) mass is 447 g/mol. The molecule has 2 N–H and O–H groups in total. The third kappa shape index (κ3) is 5.43. The highest BCUT2D eigenvalue weighted by Gasteiger charge is 2.17. The molecule has 0 bridgehead atoms. The number of thiazole rings is 1. The van der Waals surface area contributed by atoms with Gasteiger partial charge in [0, 0.05) is 31.6 Å². The molecule has 4 rings (SSSR count). The lowest BCUT2D eigenvalue weighted by atomic mass is 10.1. The normalized spacial score (nSPS) is 15.5. The van der Waals surface area contributed by atoms with Gasteiger partial charge in [-0.25, -0.2) is 4.98 Å². The van der Waals surface area contributed by atoms with E-state index in [0.29, 0.717) is 16.6 Å². The summed E-state index contributed by atoms with van der Waals surface area (Å²) < 4.78 is 0.711. The quantitative estimate of drug-likeness (QED) is 0.587. The summed E-state index contributed by atoms with van der Waals surface area (Å²) in [6.45, 7) is 3.24. The minimum atomic E-state index is -0.175. The number of amides is 1. The van der Waals surface area contributed by atoms with Gasteiger partial charge in [0.15, 0.2) is 0 Å². The van der Waals surface area contributed by atoms with Crippen molar-refractivity contribution in [3.05, 3.63) is 62.9 Å². The molecule has 152 valence electrons. The van der Waals surface area contributed by atoms with E-state index in [0.717, 1.165) is 47.9 Å². The van der Waals surface area contributed by atoms with Gasteiger partial charge in [-0.3, -0.25) is 9.69 Å². The minimum absolute atomic E-state index is 0.144. The SMILES string of the molecule is O=C(NCc1ccc(CN2CCC(O)CC2)cc1)c1csc(-c2ccc(Cl)s2)n1. The van der Waals surface area contributed by atoms with Gasteiger partial charge < -0.3 is 10.4 Å². The number of piperidine rings is 1. The number of nitrogens with one attached hydrogen (secondary N) is 1. The Morgan fingerprint density at radius 3 is 2.59 bits per heavy atom. The van der Waals surface area contributed by atoms with Crippen molar-refractivity contribution in [1.29, 1.82) is 0 Å². The van der Waals surface area contributed by atoms with Crippen LogP contribution < -0.4 is 5.32 Å². The molecule has 0 aliphatic carbocycles. The van der Waals surface area contributed by atoms with Gasteiger partial charge in [-0.2, -0.15) is 0 Å². The fourth-order valence-corrected chi connectivity index (χ4v) is 5.21. The Morgan fingerprint density at radius 1 is 1.17 bits per heavy atom. The molecule has 1 aliphatic heterocycles. The Bertz CT molecular complexity index is 962. The molecule has 1 aromatic carbocycles. The number of benzene rings is 1. The van der Waals surface area contributed by atoms with Gasteiger partial charge in [-0.1, -0.05) is 35.9 Å². The number of hydrogen-bond acceptors (Lipinski definition) is 6. The van der Waals surface area contributed by atoms with E-state index in [9.17, 15) is 9.90 Å². The van der Waals surface area contributed by atoms with E-state index in [1.54, 1.807) is 5.38 Å². The van der Waals surface area contributed by atoms with Gasteiger partial charge in [0.2, 0.25) is 0 Å². The number of carbonyl (C=O) groups is 1. The zero-order valence-corrected chi connectivity index (χ0v) is 18.2. The predicted molar refractivity (Wildman–Crippen MR) is 119 cm³/mol. The van der Waals surface area contributed by atoms with Gasteiger partial charge in [0.1, 0.15) is 10.7 Å². The van der Waals surface area contributed by atoms with E-state index in [1.807, 2.05) is 12.1 Å². The van der Waals surface area contributed by atoms with Crippen LogP contribution in [0.4, 0.5) is 0 Å². The summed E-state index contributed by atoms with van der Waals surface area (Å²) >= 11 is 8.87. The van der Waals surface area contributed by atoms with Crippen LogP contribution in [-0.4, -0.2) is 40.1 Å². The van der Waals surface area contributed by atoms with E-state index in [1.165, 1.54) is 28.2 Å². The fraction of sp³-hybridized carbons (Fsp3) is 0.333. The first-order chi connectivity index (χ1) is 14.1. The molecule has 0 unspecified atom stereocenters. The summed E-state index contributed by atoms with van der Waals surface area (Å²) in [5.74, 6) is -0.175. The van der Waals surface area contributed by atoms with E-state index in [4.69, 9.17) is 11.6 Å². The third-order valence-electron chi connectivity index (χ3n) is 4.96. The largest absolute Gasteiger partial charge is 0.393 e. The summed E-state index contributed by atoms with van der Waals surface area (Å²) in [4.78, 5) is 20.2. The number of rotatable bonds is 6. The Balaban J connectivity index is 1.29. The molecule has 1 fully saturated rings. The number of likely N-dealkylation sites (tertiary alicyclic amines) is 1. The van der Waals surface area contributed by atoms with Crippen LogP contribution in [0.15, 0.2) is 41.8 Å². The lowest BCUT2D eigenvalue weighted by molar-refractivity contribution is 0.0792. The number of carbonyl (C=O) groups excluding carboxylic acids is 1. The second kappa shape index (κ2) is 9.36. The first-order valence-electron chi connectivity index (χ1n) is 9.54. The van der Waals surface area contributed by atoms with Gasteiger partial charge in [0.05, 0.1) is 15.3 Å². The summed E-state index contributed by atoms with van der Waals surface area (Å²) in [7, 11) is 0. The van der Waals surface area contributed by atoms with Gasteiger partial charge in [-0.15, -0.1) is 22.7 Å². The van der Waals surface area contributed by atoms with Crippen molar-refractivity contribution in [2.45, 2.75) is 32.0 Å².